The third kappa shape index (κ3) is 4.48. The summed E-state index contributed by atoms with van der Waals surface area (Å²) in [7, 11) is 2.19. The highest BCUT2D eigenvalue weighted by Crippen LogP contribution is 2.40. The van der Waals surface area contributed by atoms with Crippen LogP contribution in [0.15, 0.2) is 47.6 Å². The van der Waals surface area contributed by atoms with E-state index in [4.69, 9.17) is 28.2 Å². The van der Waals surface area contributed by atoms with E-state index in [2.05, 4.69) is 65.0 Å². The van der Waals surface area contributed by atoms with Crippen molar-refractivity contribution < 1.29 is 4.79 Å². The fourth-order valence-electron chi connectivity index (χ4n) is 5.55. The number of hydrogen-bond donors (Lipinski definition) is 1. The molecule has 0 radical (unpaired) electrons. The Morgan fingerprint density at radius 3 is 2.46 bits per heavy atom. The number of aryl methyl sites for hydroxylation is 1. The van der Waals surface area contributed by atoms with Crippen LogP contribution < -0.4 is 20.0 Å². The van der Waals surface area contributed by atoms with Gasteiger partial charge in [-0.3, -0.25) is 19.6 Å². The smallest absolute Gasteiger partial charge is 0.270 e. The molecule has 202 valence electrons. The first-order valence-electron chi connectivity index (χ1n) is 13.0. The highest BCUT2D eigenvalue weighted by molar-refractivity contribution is 6.43. The number of fused-ring (bicyclic) bond motifs is 3. The Bertz CT molecular complexity index is 1460. The zero-order chi connectivity index (χ0) is 27.4. The molecule has 1 amide bonds. The molecule has 0 saturated carbocycles. The number of nitrogens with one attached hydrogen (secondary N) is 1. The molecule has 3 aliphatic heterocycles. The van der Waals surface area contributed by atoms with Crippen LogP contribution in [0.3, 0.4) is 0 Å². The van der Waals surface area contributed by atoms with Gasteiger partial charge in [0.1, 0.15) is 5.56 Å². The first-order valence-corrected chi connectivity index (χ1v) is 13.8. The summed E-state index contributed by atoms with van der Waals surface area (Å²) in [6.45, 7) is 9.76. The number of anilines is 5. The number of guanidine groups is 1. The van der Waals surface area contributed by atoms with E-state index in [9.17, 15) is 4.79 Å². The molecule has 9 nitrogen and oxygen atoms in total. The van der Waals surface area contributed by atoms with E-state index in [0.29, 0.717) is 64.2 Å². The number of hydrogen-bond acceptors (Lipinski definition) is 8. The van der Waals surface area contributed by atoms with Gasteiger partial charge in [-0.2, -0.15) is 4.98 Å². The number of piperazine rings is 1. The molecule has 3 aliphatic rings. The van der Waals surface area contributed by atoms with E-state index >= 15 is 0 Å². The third-order valence-electron chi connectivity index (χ3n) is 7.79. The molecule has 11 heteroatoms. The van der Waals surface area contributed by atoms with Crippen molar-refractivity contribution >= 4 is 63.9 Å². The van der Waals surface area contributed by atoms with Gasteiger partial charge in [-0.15, -0.1) is 0 Å². The van der Waals surface area contributed by atoms with Crippen LogP contribution in [0, 0.1) is 6.92 Å². The number of halogens is 2. The average Bonchev–Trinajstić information content (AvgIpc) is 3.39. The molecule has 39 heavy (non-hydrogen) atoms. The van der Waals surface area contributed by atoms with Crippen molar-refractivity contribution in [1.29, 1.82) is 0 Å². The number of aliphatic imine (C=N–C) groups is 1. The molecule has 6 rings (SSSR count). The molecule has 2 aromatic carbocycles. The van der Waals surface area contributed by atoms with Crippen molar-refractivity contribution in [3.8, 4) is 0 Å². The summed E-state index contributed by atoms with van der Waals surface area (Å²) in [4.78, 5) is 35.7. The molecule has 1 saturated heterocycles. The van der Waals surface area contributed by atoms with Gasteiger partial charge in [0, 0.05) is 49.3 Å². The molecule has 4 heterocycles. The normalized spacial score (nSPS) is 21.1. The highest BCUT2D eigenvalue weighted by Gasteiger charge is 2.41. The fraction of sp³-hybridized carbons (Fsp3) is 0.357. The van der Waals surface area contributed by atoms with Gasteiger partial charge in [0.2, 0.25) is 11.9 Å². The third-order valence-corrected chi connectivity index (χ3v) is 8.40. The molecule has 0 spiro atoms. The first kappa shape index (κ1) is 25.9. The van der Waals surface area contributed by atoms with Crippen molar-refractivity contribution in [1.82, 2.24) is 14.9 Å². The quantitative estimate of drug-likeness (QED) is 0.466. The SMILES string of the molecule is Cc1cc(Nc2ncc3c(n2)N2CCN=C2N(c2c(Cl)cccc2Cl)C3=O)ccc1N1C[C@H](C)N(C)[C@@H](C)C1. The molecule has 1 aromatic heterocycles. The first-order chi connectivity index (χ1) is 18.7. The molecule has 1 N–H and O–H groups in total. The van der Waals surface area contributed by atoms with E-state index in [1.54, 1.807) is 24.4 Å². The van der Waals surface area contributed by atoms with Crippen molar-refractivity contribution in [2.75, 3.05) is 53.2 Å². The van der Waals surface area contributed by atoms with Crippen molar-refractivity contribution in [3.05, 3.63) is 63.8 Å². The second kappa shape index (κ2) is 9.97. The summed E-state index contributed by atoms with van der Waals surface area (Å²) < 4.78 is 0. The lowest BCUT2D eigenvalue weighted by Crippen LogP contribution is -2.55. The Hall–Kier alpha value is -3.40. The number of aromatic nitrogens is 2. The lowest BCUT2D eigenvalue weighted by molar-refractivity contribution is 0.1000. The molecule has 2 atom stereocenters. The predicted molar refractivity (Wildman–Crippen MR) is 158 cm³/mol. The van der Waals surface area contributed by atoms with Crippen LogP contribution in [-0.4, -0.2) is 72.0 Å². The highest BCUT2D eigenvalue weighted by atomic mass is 35.5. The van der Waals surface area contributed by atoms with Gasteiger partial charge in [0.25, 0.3) is 5.91 Å². The predicted octanol–water partition coefficient (Wildman–Crippen LogP) is 5.20. The van der Waals surface area contributed by atoms with E-state index in [1.165, 1.54) is 16.2 Å². The zero-order valence-electron chi connectivity index (χ0n) is 22.3. The lowest BCUT2D eigenvalue weighted by Gasteiger charge is -2.44. The van der Waals surface area contributed by atoms with Crippen LogP contribution in [0.4, 0.5) is 28.8 Å². The van der Waals surface area contributed by atoms with Gasteiger partial charge in [-0.1, -0.05) is 29.3 Å². The van der Waals surface area contributed by atoms with E-state index in [1.807, 2.05) is 11.0 Å². The summed E-state index contributed by atoms with van der Waals surface area (Å²) >= 11 is 12.9. The number of nitrogens with zero attached hydrogens (tertiary/aromatic N) is 7. The van der Waals surface area contributed by atoms with E-state index in [0.717, 1.165) is 18.8 Å². The summed E-state index contributed by atoms with van der Waals surface area (Å²) in [6, 6.07) is 12.4. The van der Waals surface area contributed by atoms with Gasteiger partial charge in [-0.25, -0.2) is 9.88 Å². The molecular formula is C28H30Cl2N8O. The number of para-hydroxylation sites is 1. The number of likely N-dealkylation sites (N-methyl/N-ethyl adjacent to an activating group) is 1. The molecular weight excluding hydrogens is 535 g/mol. The van der Waals surface area contributed by atoms with Gasteiger partial charge in [0.05, 0.1) is 22.3 Å². The van der Waals surface area contributed by atoms with Crippen LogP contribution in [0.1, 0.15) is 29.8 Å². The monoisotopic (exact) mass is 564 g/mol. The number of benzene rings is 2. The second-order valence-electron chi connectivity index (χ2n) is 10.4. The lowest BCUT2D eigenvalue weighted by atomic mass is 10.1. The molecule has 3 aromatic rings. The maximum atomic E-state index is 13.6. The molecule has 1 fully saturated rings. The largest absolute Gasteiger partial charge is 0.368 e. The van der Waals surface area contributed by atoms with Crippen LogP contribution in [-0.2, 0) is 0 Å². The number of rotatable bonds is 4. The van der Waals surface area contributed by atoms with Gasteiger partial charge in [0.15, 0.2) is 5.82 Å². The summed E-state index contributed by atoms with van der Waals surface area (Å²) in [6.07, 6.45) is 1.55. The Kier molecular flexibility index (Phi) is 6.61. The van der Waals surface area contributed by atoms with E-state index in [-0.39, 0.29) is 5.91 Å². The summed E-state index contributed by atoms with van der Waals surface area (Å²) in [5, 5.41) is 4.06. The molecule has 0 aliphatic carbocycles. The van der Waals surface area contributed by atoms with E-state index < -0.39 is 0 Å². The maximum Gasteiger partial charge on any atom is 0.270 e. The number of carbonyl (C=O) groups excluding carboxylic acids is 1. The van der Waals surface area contributed by atoms with Gasteiger partial charge < -0.3 is 10.2 Å². The minimum atomic E-state index is -0.320. The topological polar surface area (TPSA) is 80.2 Å². The van der Waals surface area contributed by atoms with Crippen molar-refractivity contribution in [3.63, 3.8) is 0 Å². The average molecular weight is 566 g/mol. The van der Waals surface area contributed by atoms with Crippen LogP contribution >= 0.6 is 23.2 Å². The van der Waals surface area contributed by atoms with Crippen LogP contribution in [0.2, 0.25) is 10.0 Å². The minimum absolute atomic E-state index is 0.320. The Labute approximate surface area is 238 Å². The fourth-order valence-corrected chi connectivity index (χ4v) is 6.12. The Morgan fingerprint density at radius 2 is 1.77 bits per heavy atom. The van der Waals surface area contributed by atoms with Crippen molar-refractivity contribution in [2.45, 2.75) is 32.9 Å². The Balaban J connectivity index is 1.27. The summed E-state index contributed by atoms with van der Waals surface area (Å²) in [5.41, 5.74) is 4.07. The summed E-state index contributed by atoms with van der Waals surface area (Å²) in [5.74, 6) is 1.07. The van der Waals surface area contributed by atoms with Crippen LogP contribution in [0.5, 0.6) is 0 Å². The Morgan fingerprint density at radius 1 is 1.05 bits per heavy atom. The second-order valence-corrected chi connectivity index (χ2v) is 11.2. The minimum Gasteiger partial charge on any atom is -0.368 e. The zero-order valence-corrected chi connectivity index (χ0v) is 23.8. The van der Waals surface area contributed by atoms with Gasteiger partial charge in [-0.05, 0) is 63.7 Å². The standard InChI is InChI=1S/C28H30Cl2N8O/c1-16-12-19(8-9-23(16)36-14-17(2)35(4)18(3)15-36)33-27-32-13-20-25(34-27)37-11-10-31-28(37)38(26(20)39)24-21(29)6-5-7-22(24)30/h5-9,12-13,17-18H,10-11,14-15H2,1-4H3,(H,32,33,34)/t17-,18-/m0/s1. The number of amides is 1. The van der Waals surface area contributed by atoms with Gasteiger partial charge >= 0.3 is 0 Å². The van der Waals surface area contributed by atoms with Crippen LogP contribution in [0.25, 0.3) is 0 Å². The molecule has 0 bridgehead atoms. The molecule has 0 unspecified atom stereocenters. The van der Waals surface area contributed by atoms with Crippen molar-refractivity contribution in [2.24, 2.45) is 4.99 Å². The maximum absolute atomic E-state index is 13.6. The number of carbonyl (C=O) groups is 1.